The number of urea groups is 1. The lowest BCUT2D eigenvalue weighted by atomic mass is 10.2. The second-order valence-electron chi connectivity index (χ2n) is 8.41. The van der Waals surface area contributed by atoms with E-state index >= 15 is 0 Å². The molecule has 1 saturated heterocycles. The van der Waals surface area contributed by atoms with E-state index in [1.165, 1.54) is 16.0 Å². The van der Waals surface area contributed by atoms with Crippen molar-refractivity contribution in [1.82, 2.24) is 19.4 Å². The average Bonchev–Trinajstić information content (AvgIpc) is 2.85. The summed E-state index contributed by atoms with van der Waals surface area (Å²) in [5.41, 5.74) is 3.75. The molecule has 0 spiro atoms. The van der Waals surface area contributed by atoms with Gasteiger partial charge >= 0.3 is 6.03 Å². The van der Waals surface area contributed by atoms with Gasteiger partial charge in [-0.1, -0.05) is 72.8 Å². The fraction of sp³-hybridized carbons (Fsp3) is 0.296. The number of hydrogen-bond donors (Lipinski definition) is 1. The lowest BCUT2D eigenvalue weighted by Crippen LogP contribution is -2.51. The Morgan fingerprint density at radius 1 is 0.818 bits per heavy atom. The largest absolute Gasteiger partial charge is 0.334 e. The van der Waals surface area contributed by atoms with Gasteiger partial charge in [0.25, 0.3) is 0 Å². The van der Waals surface area contributed by atoms with Gasteiger partial charge in [-0.05, 0) is 47.8 Å². The number of amides is 2. The van der Waals surface area contributed by atoms with Crippen LogP contribution in [0.2, 0.25) is 0 Å². The van der Waals surface area contributed by atoms with Gasteiger partial charge in [-0.25, -0.2) is 9.10 Å². The maximum atomic E-state index is 12.5. The van der Waals surface area contributed by atoms with Crippen LogP contribution in [0, 0.1) is 0 Å². The number of nitrogens with one attached hydrogen (secondary N) is 1. The molecule has 3 aromatic rings. The molecule has 0 unspecified atom stereocenters. The van der Waals surface area contributed by atoms with Crippen molar-refractivity contribution in [3.63, 3.8) is 0 Å². The van der Waals surface area contributed by atoms with Crippen LogP contribution in [-0.2, 0) is 19.6 Å². The molecule has 0 radical (unpaired) electrons. The third-order valence-corrected chi connectivity index (χ3v) is 6.71. The molecule has 5 nitrogen and oxygen atoms in total. The van der Waals surface area contributed by atoms with Gasteiger partial charge in [-0.3, -0.25) is 4.90 Å². The Bertz CT molecular complexity index is 990. The minimum absolute atomic E-state index is 0.0273. The van der Waals surface area contributed by atoms with Gasteiger partial charge in [-0.15, -0.1) is 0 Å². The second-order valence-corrected chi connectivity index (χ2v) is 9.69. The number of benzene rings is 3. The first-order chi connectivity index (χ1) is 16.2. The molecule has 6 heteroatoms. The number of carbonyl (C=O) groups is 1. The van der Waals surface area contributed by atoms with Gasteiger partial charge < -0.3 is 10.2 Å². The molecule has 0 atom stereocenters. The molecule has 1 N–H and O–H groups in total. The zero-order valence-electron chi connectivity index (χ0n) is 19.2. The minimum Gasteiger partial charge on any atom is -0.334 e. The zero-order chi connectivity index (χ0) is 22.9. The van der Waals surface area contributed by atoms with Crippen LogP contribution >= 0.6 is 11.9 Å². The summed E-state index contributed by atoms with van der Waals surface area (Å²) in [7, 11) is 2.13. The fourth-order valence-electron chi connectivity index (χ4n) is 3.96. The summed E-state index contributed by atoms with van der Waals surface area (Å²) < 4.78 is 2.26. The molecule has 1 aliphatic rings. The molecule has 1 fully saturated rings. The van der Waals surface area contributed by atoms with Gasteiger partial charge in [0, 0.05) is 50.7 Å². The molecule has 4 rings (SSSR count). The third-order valence-electron chi connectivity index (χ3n) is 5.78. The summed E-state index contributed by atoms with van der Waals surface area (Å²) >= 11 is 1.77. The first-order valence-electron chi connectivity index (χ1n) is 11.5. The fourth-order valence-corrected chi connectivity index (χ4v) is 4.79. The van der Waals surface area contributed by atoms with Crippen LogP contribution in [0.5, 0.6) is 0 Å². The van der Waals surface area contributed by atoms with Crippen LogP contribution in [0.1, 0.15) is 16.7 Å². The minimum atomic E-state index is 0.0273. The van der Waals surface area contributed by atoms with E-state index in [1.54, 1.807) is 11.9 Å². The number of nitrogens with zero attached hydrogens (tertiary/aromatic N) is 3. The van der Waals surface area contributed by atoms with E-state index in [1.807, 2.05) is 35.2 Å². The van der Waals surface area contributed by atoms with Crippen molar-refractivity contribution < 1.29 is 4.79 Å². The number of carbonyl (C=O) groups excluding carboxylic acids is 1. The Labute approximate surface area is 201 Å². The molecule has 0 bridgehead atoms. The van der Waals surface area contributed by atoms with E-state index in [9.17, 15) is 4.79 Å². The van der Waals surface area contributed by atoms with Crippen LogP contribution in [-0.4, -0.2) is 53.4 Å². The molecule has 0 aromatic heterocycles. The van der Waals surface area contributed by atoms with Crippen molar-refractivity contribution in [3.05, 3.63) is 102 Å². The average molecular weight is 461 g/mol. The Morgan fingerprint density at radius 3 is 2.06 bits per heavy atom. The molecule has 1 heterocycles. The summed E-state index contributed by atoms with van der Waals surface area (Å²) in [6.07, 6.45) is 0. The number of rotatable bonds is 8. The Balaban J connectivity index is 1.18. The standard InChI is InChI=1S/C27H32N4OS/c1-29(21-24-10-6-3-7-11-24)33-26-14-12-25(13-15-26)22-30-16-18-31(19-17-30)27(32)28-20-23-8-4-2-5-9-23/h2-15H,16-22H2,1H3,(H,28,32). The first-order valence-corrected chi connectivity index (χ1v) is 12.2. The molecule has 2 amide bonds. The third kappa shape index (κ3) is 7.35. The van der Waals surface area contributed by atoms with Gasteiger partial charge in [0.1, 0.15) is 0 Å². The lowest BCUT2D eigenvalue weighted by Gasteiger charge is -2.34. The van der Waals surface area contributed by atoms with E-state index < -0.39 is 0 Å². The van der Waals surface area contributed by atoms with Crippen LogP contribution in [0.15, 0.2) is 89.8 Å². The summed E-state index contributed by atoms with van der Waals surface area (Å²) in [5.74, 6) is 0. The smallest absolute Gasteiger partial charge is 0.317 e. The predicted octanol–water partition coefficient (Wildman–Crippen LogP) is 4.85. The van der Waals surface area contributed by atoms with Crippen molar-refractivity contribution in [2.75, 3.05) is 33.2 Å². The van der Waals surface area contributed by atoms with Crippen molar-refractivity contribution in [1.29, 1.82) is 0 Å². The van der Waals surface area contributed by atoms with Crippen molar-refractivity contribution in [2.45, 2.75) is 24.5 Å². The SMILES string of the molecule is CN(Cc1ccccc1)Sc1ccc(CN2CCN(C(=O)NCc3ccccc3)CC2)cc1. The van der Waals surface area contributed by atoms with Gasteiger partial charge in [0.2, 0.25) is 0 Å². The summed E-state index contributed by atoms with van der Waals surface area (Å²) in [6, 6.07) is 29.4. The van der Waals surface area contributed by atoms with Crippen LogP contribution < -0.4 is 5.32 Å². The van der Waals surface area contributed by atoms with Gasteiger partial charge in [-0.2, -0.15) is 0 Å². The van der Waals surface area contributed by atoms with Crippen LogP contribution in [0.4, 0.5) is 4.79 Å². The molecule has 0 aliphatic carbocycles. The number of hydrogen-bond acceptors (Lipinski definition) is 4. The summed E-state index contributed by atoms with van der Waals surface area (Å²) in [6.45, 7) is 5.73. The van der Waals surface area contributed by atoms with Crippen LogP contribution in [0.25, 0.3) is 0 Å². The summed E-state index contributed by atoms with van der Waals surface area (Å²) in [5, 5.41) is 3.03. The normalized spacial score (nSPS) is 14.4. The predicted molar refractivity (Wildman–Crippen MR) is 136 cm³/mol. The van der Waals surface area contributed by atoms with Crippen molar-refractivity contribution in [3.8, 4) is 0 Å². The van der Waals surface area contributed by atoms with E-state index in [0.717, 1.165) is 44.8 Å². The van der Waals surface area contributed by atoms with Crippen molar-refractivity contribution >= 4 is 18.0 Å². The van der Waals surface area contributed by atoms with E-state index in [4.69, 9.17) is 0 Å². The lowest BCUT2D eigenvalue weighted by molar-refractivity contribution is 0.135. The van der Waals surface area contributed by atoms with E-state index in [-0.39, 0.29) is 6.03 Å². The molecule has 1 aliphatic heterocycles. The highest BCUT2D eigenvalue weighted by molar-refractivity contribution is 7.97. The Hall–Kier alpha value is -2.80. The molecule has 3 aromatic carbocycles. The highest BCUT2D eigenvalue weighted by Crippen LogP contribution is 2.23. The highest BCUT2D eigenvalue weighted by atomic mass is 32.2. The number of piperazine rings is 1. The highest BCUT2D eigenvalue weighted by Gasteiger charge is 2.20. The molecule has 172 valence electrons. The quantitative estimate of drug-likeness (QED) is 0.488. The van der Waals surface area contributed by atoms with Crippen LogP contribution in [0.3, 0.4) is 0 Å². The topological polar surface area (TPSA) is 38.8 Å². The summed E-state index contributed by atoms with van der Waals surface area (Å²) in [4.78, 5) is 18.1. The Kier molecular flexibility index (Phi) is 8.41. The molecular formula is C27H32N4OS. The zero-order valence-corrected chi connectivity index (χ0v) is 20.0. The van der Waals surface area contributed by atoms with Gasteiger partial charge in [0.05, 0.1) is 0 Å². The Morgan fingerprint density at radius 2 is 1.42 bits per heavy atom. The molecule has 0 saturated carbocycles. The van der Waals surface area contributed by atoms with E-state index in [0.29, 0.717) is 6.54 Å². The monoisotopic (exact) mass is 460 g/mol. The van der Waals surface area contributed by atoms with Gasteiger partial charge in [0.15, 0.2) is 0 Å². The first kappa shape index (κ1) is 23.4. The van der Waals surface area contributed by atoms with Crippen molar-refractivity contribution in [2.24, 2.45) is 0 Å². The molecular weight excluding hydrogens is 428 g/mol. The maximum Gasteiger partial charge on any atom is 0.317 e. The molecule has 33 heavy (non-hydrogen) atoms. The maximum absolute atomic E-state index is 12.5. The van der Waals surface area contributed by atoms with E-state index in [2.05, 4.69) is 76.2 Å². The second kappa shape index (κ2) is 11.9.